The summed E-state index contributed by atoms with van der Waals surface area (Å²) in [4.78, 5) is 18.2. The maximum absolute atomic E-state index is 11.8. The molecular formula is C13H21Cl3N4O2. The second kappa shape index (κ2) is 10.1. The number of methoxy groups -OCH3 is 1. The van der Waals surface area contributed by atoms with E-state index in [4.69, 9.17) is 22.1 Å². The van der Waals surface area contributed by atoms with Gasteiger partial charge in [0, 0.05) is 32.4 Å². The Balaban J connectivity index is 0.00000220. The van der Waals surface area contributed by atoms with E-state index < -0.39 is 6.04 Å². The van der Waals surface area contributed by atoms with Crippen LogP contribution in [-0.2, 0) is 9.53 Å². The molecule has 1 amide bonds. The Bertz CT molecular complexity index is 478. The van der Waals surface area contributed by atoms with Crippen molar-refractivity contribution in [3.05, 3.63) is 23.4 Å². The summed E-state index contributed by atoms with van der Waals surface area (Å²) in [6.45, 7) is 1.71. The predicted molar refractivity (Wildman–Crippen MR) is 92.4 cm³/mol. The molecule has 0 bridgehead atoms. The molecule has 0 radical (unpaired) electrons. The zero-order chi connectivity index (χ0) is 14.5. The molecule has 2 atom stereocenters. The molecule has 0 spiro atoms. The Morgan fingerprint density at radius 3 is 3.00 bits per heavy atom. The Morgan fingerprint density at radius 1 is 1.64 bits per heavy atom. The lowest BCUT2D eigenvalue weighted by Crippen LogP contribution is -2.48. The third kappa shape index (κ3) is 5.44. The van der Waals surface area contributed by atoms with Crippen molar-refractivity contribution in [1.82, 2.24) is 10.3 Å². The van der Waals surface area contributed by atoms with Crippen LogP contribution >= 0.6 is 36.4 Å². The maximum Gasteiger partial charge on any atom is 0.239 e. The molecule has 0 aliphatic carbocycles. The average Bonchev–Trinajstić information content (AvgIpc) is 2.87. The molecule has 1 fully saturated rings. The fraction of sp³-hybridized carbons (Fsp3) is 0.538. The second-order valence-electron chi connectivity index (χ2n) is 4.81. The lowest BCUT2D eigenvalue weighted by atomic mass is 10.2. The van der Waals surface area contributed by atoms with Gasteiger partial charge in [0.1, 0.15) is 11.9 Å². The fourth-order valence-corrected chi connectivity index (χ4v) is 2.49. The highest BCUT2D eigenvalue weighted by molar-refractivity contribution is 6.32. The van der Waals surface area contributed by atoms with Crippen LogP contribution in [0, 0.1) is 0 Å². The first-order chi connectivity index (χ1) is 9.61. The minimum atomic E-state index is -0.632. The van der Waals surface area contributed by atoms with Crippen LogP contribution in [0.3, 0.4) is 0 Å². The summed E-state index contributed by atoms with van der Waals surface area (Å²) in [6, 6.07) is 3.03. The fourth-order valence-electron chi connectivity index (χ4n) is 2.24. The molecule has 2 rings (SSSR count). The van der Waals surface area contributed by atoms with Gasteiger partial charge in [-0.3, -0.25) is 4.79 Å². The molecular weight excluding hydrogens is 351 g/mol. The molecule has 2 heterocycles. The molecule has 1 aliphatic heterocycles. The number of anilines is 1. The van der Waals surface area contributed by atoms with E-state index in [-0.39, 0.29) is 43.4 Å². The average molecular weight is 372 g/mol. The largest absolute Gasteiger partial charge is 0.383 e. The van der Waals surface area contributed by atoms with E-state index in [0.717, 1.165) is 18.8 Å². The van der Waals surface area contributed by atoms with Crippen LogP contribution in [0.15, 0.2) is 18.3 Å². The van der Waals surface area contributed by atoms with Gasteiger partial charge in [-0.1, -0.05) is 11.6 Å². The van der Waals surface area contributed by atoms with Crippen LogP contribution < -0.4 is 16.0 Å². The van der Waals surface area contributed by atoms with Crippen LogP contribution in [-0.4, -0.2) is 49.8 Å². The molecule has 3 N–H and O–H groups in total. The SMILES string of the molecule is COCC(N)C(=O)NC1CCN(c2ncccc2Cl)C1.Cl.Cl. The van der Waals surface area contributed by atoms with Crippen molar-refractivity contribution >= 4 is 48.1 Å². The van der Waals surface area contributed by atoms with E-state index in [0.29, 0.717) is 11.6 Å². The number of hydrogen-bond donors (Lipinski definition) is 2. The minimum Gasteiger partial charge on any atom is -0.383 e. The van der Waals surface area contributed by atoms with Gasteiger partial charge in [0.15, 0.2) is 0 Å². The van der Waals surface area contributed by atoms with Gasteiger partial charge in [-0.25, -0.2) is 4.98 Å². The van der Waals surface area contributed by atoms with Gasteiger partial charge in [-0.15, -0.1) is 24.8 Å². The summed E-state index contributed by atoms with van der Waals surface area (Å²) in [5, 5.41) is 3.55. The number of pyridine rings is 1. The number of halogens is 3. The number of aromatic nitrogens is 1. The second-order valence-corrected chi connectivity index (χ2v) is 5.22. The summed E-state index contributed by atoms with van der Waals surface area (Å²) < 4.78 is 4.87. The van der Waals surface area contributed by atoms with E-state index in [9.17, 15) is 4.79 Å². The van der Waals surface area contributed by atoms with Gasteiger partial charge in [-0.05, 0) is 18.6 Å². The number of hydrogen-bond acceptors (Lipinski definition) is 5. The molecule has 1 aliphatic rings. The third-order valence-corrected chi connectivity index (χ3v) is 3.55. The molecule has 1 saturated heterocycles. The number of ether oxygens (including phenoxy) is 1. The Morgan fingerprint density at radius 2 is 2.36 bits per heavy atom. The molecule has 126 valence electrons. The zero-order valence-electron chi connectivity index (χ0n) is 12.2. The van der Waals surface area contributed by atoms with Crippen molar-refractivity contribution in [1.29, 1.82) is 0 Å². The van der Waals surface area contributed by atoms with Crippen LogP contribution in [0.5, 0.6) is 0 Å². The first-order valence-electron chi connectivity index (χ1n) is 6.52. The number of nitrogens with zero attached hydrogens (tertiary/aromatic N) is 2. The highest BCUT2D eigenvalue weighted by Crippen LogP contribution is 2.25. The maximum atomic E-state index is 11.8. The number of nitrogens with one attached hydrogen (secondary N) is 1. The molecule has 1 aromatic heterocycles. The lowest BCUT2D eigenvalue weighted by molar-refractivity contribution is -0.124. The van der Waals surface area contributed by atoms with E-state index in [1.807, 2.05) is 6.07 Å². The van der Waals surface area contributed by atoms with Gasteiger partial charge in [0.2, 0.25) is 5.91 Å². The summed E-state index contributed by atoms with van der Waals surface area (Å²) in [5.41, 5.74) is 5.69. The highest BCUT2D eigenvalue weighted by atomic mass is 35.5. The summed E-state index contributed by atoms with van der Waals surface area (Å²) in [7, 11) is 1.52. The van der Waals surface area contributed by atoms with Gasteiger partial charge in [0.25, 0.3) is 0 Å². The molecule has 22 heavy (non-hydrogen) atoms. The van der Waals surface area contributed by atoms with Crippen molar-refractivity contribution in [3.63, 3.8) is 0 Å². The number of carbonyl (C=O) groups is 1. The Kier molecular flexibility index (Phi) is 9.71. The van der Waals surface area contributed by atoms with Crippen molar-refractivity contribution in [3.8, 4) is 0 Å². The number of carbonyl (C=O) groups excluding carboxylic acids is 1. The predicted octanol–water partition coefficient (Wildman–Crippen LogP) is 1.25. The Hall–Kier alpha value is -0.790. The standard InChI is InChI=1S/C13H19ClN4O2.2ClH/c1-20-8-11(15)13(19)17-9-4-6-18(7-9)12-10(14)3-2-5-16-12;;/h2-3,5,9,11H,4,6-8,15H2,1H3,(H,17,19);2*1H. The van der Waals surface area contributed by atoms with E-state index in [1.165, 1.54) is 7.11 Å². The molecule has 9 heteroatoms. The van der Waals surface area contributed by atoms with Crippen molar-refractivity contribution in [2.75, 3.05) is 31.7 Å². The molecule has 0 aromatic carbocycles. The molecule has 6 nitrogen and oxygen atoms in total. The smallest absolute Gasteiger partial charge is 0.239 e. The monoisotopic (exact) mass is 370 g/mol. The highest BCUT2D eigenvalue weighted by Gasteiger charge is 2.27. The van der Waals surface area contributed by atoms with Crippen molar-refractivity contribution in [2.45, 2.75) is 18.5 Å². The normalized spacial score (nSPS) is 18.1. The first-order valence-corrected chi connectivity index (χ1v) is 6.90. The minimum absolute atomic E-state index is 0. The number of amides is 1. The van der Waals surface area contributed by atoms with Crippen LogP contribution in [0.1, 0.15) is 6.42 Å². The molecule has 1 aromatic rings. The van der Waals surface area contributed by atoms with Crippen LogP contribution in [0.2, 0.25) is 5.02 Å². The topological polar surface area (TPSA) is 80.5 Å². The molecule has 2 unspecified atom stereocenters. The van der Waals surface area contributed by atoms with E-state index >= 15 is 0 Å². The van der Waals surface area contributed by atoms with E-state index in [1.54, 1.807) is 12.3 Å². The lowest BCUT2D eigenvalue weighted by Gasteiger charge is -2.19. The van der Waals surface area contributed by atoms with Gasteiger partial charge in [0.05, 0.1) is 11.6 Å². The van der Waals surface area contributed by atoms with Crippen molar-refractivity contribution < 1.29 is 9.53 Å². The van der Waals surface area contributed by atoms with Crippen molar-refractivity contribution in [2.24, 2.45) is 5.73 Å². The van der Waals surface area contributed by atoms with Crippen LogP contribution in [0.25, 0.3) is 0 Å². The summed E-state index contributed by atoms with van der Waals surface area (Å²) in [5.74, 6) is 0.568. The summed E-state index contributed by atoms with van der Waals surface area (Å²) >= 11 is 6.12. The van der Waals surface area contributed by atoms with Crippen LogP contribution in [0.4, 0.5) is 5.82 Å². The number of nitrogens with two attached hydrogens (primary N) is 1. The summed E-state index contributed by atoms with van der Waals surface area (Å²) in [6.07, 6.45) is 2.56. The van der Waals surface area contributed by atoms with Gasteiger partial charge < -0.3 is 20.7 Å². The quantitative estimate of drug-likeness (QED) is 0.814. The van der Waals surface area contributed by atoms with Gasteiger partial charge in [-0.2, -0.15) is 0 Å². The van der Waals surface area contributed by atoms with Gasteiger partial charge >= 0.3 is 0 Å². The first kappa shape index (κ1) is 21.2. The Labute approximate surface area is 147 Å². The van der Waals surface area contributed by atoms with E-state index in [2.05, 4.69) is 15.2 Å². The number of rotatable bonds is 5. The molecule has 0 saturated carbocycles. The third-order valence-electron chi connectivity index (χ3n) is 3.26. The zero-order valence-corrected chi connectivity index (χ0v) is 14.6.